The standard InChI is InChI=1S/C29H50O/c1-7-22(20(2)3)11-10-21(4)24-12-13-25-23-14-19-29(30)17-9-8-16-28(29,6)26(23)15-18-27(24,25)5/h14,20-22,24-26,30H,7-13,15-19H2,1-6H3/t21-,22-,24-,25+,26+,27-,28-,29?/m1/s1. The van der Waals surface area contributed by atoms with E-state index in [1.54, 1.807) is 5.57 Å². The second kappa shape index (κ2) is 8.24. The largest absolute Gasteiger partial charge is 0.389 e. The molecule has 4 rings (SSSR count). The lowest BCUT2D eigenvalue weighted by Gasteiger charge is -2.60. The Labute approximate surface area is 187 Å². The van der Waals surface area contributed by atoms with E-state index in [2.05, 4.69) is 47.6 Å². The fourth-order valence-corrected chi connectivity index (χ4v) is 9.18. The molecule has 1 N–H and O–H groups in total. The van der Waals surface area contributed by atoms with Crippen LogP contribution < -0.4 is 0 Å². The maximum Gasteiger partial charge on any atom is 0.0741 e. The number of hydrogen-bond donors (Lipinski definition) is 1. The van der Waals surface area contributed by atoms with Crippen LogP contribution in [-0.2, 0) is 0 Å². The Morgan fingerprint density at radius 2 is 1.70 bits per heavy atom. The van der Waals surface area contributed by atoms with Crippen molar-refractivity contribution in [3.63, 3.8) is 0 Å². The van der Waals surface area contributed by atoms with Crippen molar-refractivity contribution in [1.82, 2.24) is 0 Å². The summed E-state index contributed by atoms with van der Waals surface area (Å²) in [4.78, 5) is 0. The quantitative estimate of drug-likeness (QED) is 0.434. The van der Waals surface area contributed by atoms with Gasteiger partial charge in [0.15, 0.2) is 0 Å². The van der Waals surface area contributed by atoms with E-state index in [-0.39, 0.29) is 5.41 Å². The van der Waals surface area contributed by atoms with Gasteiger partial charge in [0, 0.05) is 5.41 Å². The lowest BCUT2D eigenvalue weighted by atomic mass is 9.46. The van der Waals surface area contributed by atoms with Crippen LogP contribution in [-0.4, -0.2) is 10.7 Å². The number of allylic oxidation sites excluding steroid dienone is 1. The molecule has 0 heterocycles. The molecule has 4 aliphatic carbocycles. The van der Waals surface area contributed by atoms with Crippen LogP contribution in [0.1, 0.15) is 119 Å². The average molecular weight is 415 g/mol. The summed E-state index contributed by atoms with van der Waals surface area (Å²) >= 11 is 0. The van der Waals surface area contributed by atoms with Crippen LogP contribution in [0.5, 0.6) is 0 Å². The van der Waals surface area contributed by atoms with Gasteiger partial charge in [-0.25, -0.2) is 0 Å². The second-order valence-electron chi connectivity index (χ2n) is 12.9. The molecular formula is C29H50O. The zero-order valence-corrected chi connectivity index (χ0v) is 21.0. The molecular weight excluding hydrogens is 364 g/mol. The SMILES string of the molecule is CC[C@H](CC[C@@H](C)[C@H]1CC[C@H]2C3=CCC4(O)CCCC[C@]4(C)[C@H]3CC[C@]12C)C(C)C. The Bertz CT molecular complexity index is 649. The van der Waals surface area contributed by atoms with Crippen LogP contribution in [0.25, 0.3) is 0 Å². The number of hydrogen-bond acceptors (Lipinski definition) is 1. The molecule has 0 radical (unpaired) electrons. The van der Waals surface area contributed by atoms with Gasteiger partial charge in [-0.15, -0.1) is 0 Å². The molecule has 1 unspecified atom stereocenters. The van der Waals surface area contributed by atoms with Crippen molar-refractivity contribution < 1.29 is 5.11 Å². The van der Waals surface area contributed by atoms with Crippen LogP contribution in [0.2, 0.25) is 0 Å². The van der Waals surface area contributed by atoms with Crippen LogP contribution in [0.3, 0.4) is 0 Å². The van der Waals surface area contributed by atoms with Crippen molar-refractivity contribution in [3.05, 3.63) is 11.6 Å². The fourth-order valence-electron chi connectivity index (χ4n) is 9.18. The van der Waals surface area contributed by atoms with Crippen LogP contribution in [0.4, 0.5) is 0 Å². The summed E-state index contributed by atoms with van der Waals surface area (Å²) in [5.74, 6) is 4.92. The van der Waals surface area contributed by atoms with Crippen molar-refractivity contribution in [1.29, 1.82) is 0 Å². The maximum absolute atomic E-state index is 11.6. The van der Waals surface area contributed by atoms with Gasteiger partial charge in [0.25, 0.3) is 0 Å². The molecule has 0 aromatic heterocycles. The first kappa shape index (κ1) is 22.9. The highest BCUT2D eigenvalue weighted by atomic mass is 16.3. The Hall–Kier alpha value is -0.300. The van der Waals surface area contributed by atoms with E-state index in [9.17, 15) is 5.11 Å². The summed E-state index contributed by atoms with van der Waals surface area (Å²) in [5.41, 5.74) is 2.00. The summed E-state index contributed by atoms with van der Waals surface area (Å²) in [6, 6.07) is 0. The third-order valence-corrected chi connectivity index (χ3v) is 11.4. The fraction of sp³-hybridized carbons (Fsp3) is 0.931. The molecule has 172 valence electrons. The van der Waals surface area contributed by atoms with Crippen LogP contribution >= 0.6 is 0 Å². The summed E-state index contributed by atoms with van der Waals surface area (Å²) in [5, 5.41) is 11.6. The molecule has 30 heavy (non-hydrogen) atoms. The van der Waals surface area contributed by atoms with Crippen molar-refractivity contribution in [2.45, 2.75) is 124 Å². The smallest absolute Gasteiger partial charge is 0.0741 e. The zero-order valence-electron chi connectivity index (χ0n) is 21.0. The highest BCUT2D eigenvalue weighted by Crippen LogP contribution is 2.67. The molecule has 3 saturated carbocycles. The topological polar surface area (TPSA) is 20.2 Å². The van der Waals surface area contributed by atoms with Gasteiger partial charge in [0.05, 0.1) is 5.60 Å². The molecule has 0 aromatic rings. The first-order valence-electron chi connectivity index (χ1n) is 13.6. The average Bonchev–Trinajstić information content (AvgIpc) is 3.05. The lowest BCUT2D eigenvalue weighted by molar-refractivity contribution is -0.144. The first-order valence-corrected chi connectivity index (χ1v) is 13.6. The summed E-state index contributed by atoms with van der Waals surface area (Å²) in [7, 11) is 0. The Morgan fingerprint density at radius 3 is 2.40 bits per heavy atom. The highest BCUT2D eigenvalue weighted by Gasteiger charge is 2.61. The Kier molecular flexibility index (Phi) is 6.28. The van der Waals surface area contributed by atoms with Gasteiger partial charge >= 0.3 is 0 Å². The van der Waals surface area contributed by atoms with Crippen molar-refractivity contribution >= 4 is 0 Å². The predicted molar refractivity (Wildman–Crippen MR) is 128 cm³/mol. The molecule has 1 nitrogen and oxygen atoms in total. The third-order valence-electron chi connectivity index (χ3n) is 11.4. The minimum atomic E-state index is -0.426. The second-order valence-corrected chi connectivity index (χ2v) is 12.9. The van der Waals surface area contributed by atoms with E-state index < -0.39 is 5.60 Å². The van der Waals surface area contributed by atoms with E-state index in [0.717, 1.165) is 42.4 Å². The van der Waals surface area contributed by atoms with Crippen LogP contribution in [0.15, 0.2) is 11.6 Å². The van der Waals surface area contributed by atoms with E-state index in [1.807, 2.05) is 0 Å². The third kappa shape index (κ3) is 3.45. The minimum Gasteiger partial charge on any atom is -0.389 e. The summed E-state index contributed by atoms with van der Waals surface area (Å²) < 4.78 is 0. The number of aliphatic hydroxyl groups is 1. The molecule has 0 spiro atoms. The number of fused-ring (bicyclic) bond motifs is 5. The summed E-state index contributed by atoms with van der Waals surface area (Å²) in [6.45, 7) is 14.9. The monoisotopic (exact) mass is 414 g/mol. The van der Waals surface area contributed by atoms with Crippen LogP contribution in [0, 0.1) is 46.3 Å². The molecule has 0 bridgehead atoms. The molecule has 0 aliphatic heterocycles. The summed E-state index contributed by atoms with van der Waals surface area (Å²) in [6.07, 6.45) is 18.0. The lowest BCUT2D eigenvalue weighted by Crippen LogP contribution is -2.57. The zero-order chi connectivity index (χ0) is 21.7. The van der Waals surface area contributed by atoms with Gasteiger partial charge in [-0.3, -0.25) is 0 Å². The van der Waals surface area contributed by atoms with E-state index in [1.165, 1.54) is 64.2 Å². The van der Waals surface area contributed by atoms with Gasteiger partial charge in [0.2, 0.25) is 0 Å². The van der Waals surface area contributed by atoms with Gasteiger partial charge < -0.3 is 5.11 Å². The Morgan fingerprint density at radius 1 is 0.967 bits per heavy atom. The van der Waals surface area contributed by atoms with Gasteiger partial charge in [-0.2, -0.15) is 0 Å². The highest BCUT2D eigenvalue weighted by molar-refractivity contribution is 5.30. The van der Waals surface area contributed by atoms with Crippen molar-refractivity contribution in [3.8, 4) is 0 Å². The first-order chi connectivity index (χ1) is 14.2. The van der Waals surface area contributed by atoms with Gasteiger partial charge in [-0.1, -0.05) is 78.9 Å². The molecule has 8 atom stereocenters. The van der Waals surface area contributed by atoms with Crippen molar-refractivity contribution in [2.24, 2.45) is 46.3 Å². The molecule has 1 heteroatoms. The predicted octanol–water partition coefficient (Wildman–Crippen LogP) is 8.17. The Balaban J connectivity index is 1.51. The number of rotatable bonds is 6. The van der Waals surface area contributed by atoms with E-state index in [4.69, 9.17) is 0 Å². The van der Waals surface area contributed by atoms with E-state index >= 15 is 0 Å². The molecule has 0 saturated heterocycles. The normalized spacial score (nSPS) is 45.3. The van der Waals surface area contributed by atoms with Gasteiger partial charge in [-0.05, 0) is 92.3 Å². The van der Waals surface area contributed by atoms with Gasteiger partial charge in [0.1, 0.15) is 0 Å². The molecule has 0 amide bonds. The van der Waals surface area contributed by atoms with Crippen molar-refractivity contribution in [2.75, 3.05) is 0 Å². The molecule has 0 aromatic carbocycles. The molecule has 4 aliphatic rings. The molecule has 3 fully saturated rings. The maximum atomic E-state index is 11.6. The van der Waals surface area contributed by atoms with E-state index in [0.29, 0.717) is 11.3 Å². The minimum absolute atomic E-state index is 0.131.